The van der Waals surface area contributed by atoms with E-state index in [0.717, 1.165) is 9.13 Å². The fraction of sp³-hybridized carbons (Fsp3) is 0.389. The topological polar surface area (TPSA) is 68.7 Å². The van der Waals surface area contributed by atoms with Gasteiger partial charge in [-0.05, 0) is 62.4 Å². The van der Waals surface area contributed by atoms with Crippen molar-refractivity contribution in [2.24, 2.45) is 0 Å². The van der Waals surface area contributed by atoms with Crippen molar-refractivity contribution in [2.45, 2.75) is 33.3 Å². The molecule has 8 heteroatoms. The lowest BCUT2D eigenvalue weighted by Gasteiger charge is -2.24. The summed E-state index contributed by atoms with van der Waals surface area (Å²) in [6.07, 6.45) is -0.555. The molecule has 1 aromatic carbocycles. The summed E-state index contributed by atoms with van der Waals surface area (Å²) in [4.78, 5) is 30.5. The summed E-state index contributed by atoms with van der Waals surface area (Å²) in [6.45, 7) is 7.31. The molecule has 0 radical (unpaired) electrons. The van der Waals surface area contributed by atoms with Crippen LogP contribution >= 0.6 is 33.9 Å². The molecule has 0 saturated carbocycles. The zero-order valence-corrected chi connectivity index (χ0v) is 18.3. The van der Waals surface area contributed by atoms with Gasteiger partial charge in [-0.3, -0.25) is 4.90 Å². The molecule has 0 aliphatic carbocycles. The van der Waals surface area contributed by atoms with Gasteiger partial charge in [0, 0.05) is 16.2 Å². The number of halogens is 1. The van der Waals surface area contributed by atoms with E-state index < -0.39 is 17.7 Å². The number of carbonyl (C=O) groups is 2. The van der Waals surface area contributed by atoms with Gasteiger partial charge in [0.15, 0.2) is 5.69 Å². The number of hydrogen-bond acceptors (Lipinski definition) is 6. The van der Waals surface area contributed by atoms with E-state index in [2.05, 4.69) is 27.6 Å². The van der Waals surface area contributed by atoms with E-state index in [1.165, 1.54) is 16.2 Å². The summed E-state index contributed by atoms with van der Waals surface area (Å²) in [7, 11) is 1.56. The van der Waals surface area contributed by atoms with E-state index in [4.69, 9.17) is 9.47 Å². The van der Waals surface area contributed by atoms with Crippen LogP contribution in [0.2, 0.25) is 0 Å². The molecule has 140 valence electrons. The number of ether oxygens (including phenoxy) is 2. The van der Waals surface area contributed by atoms with Crippen LogP contribution in [0.25, 0.3) is 10.6 Å². The zero-order valence-electron chi connectivity index (χ0n) is 15.3. The molecule has 6 nitrogen and oxygen atoms in total. The third-order valence-electron chi connectivity index (χ3n) is 3.12. The molecule has 0 fully saturated rings. The fourth-order valence-corrected chi connectivity index (χ4v) is 3.58. The summed E-state index contributed by atoms with van der Waals surface area (Å²) in [6, 6.07) is 7.76. The standard InChI is InChI=1S/C18H21IN2O4S/c1-6-24-16(22)13-15(21(5)17(23)25-18(2,3)4)26-14(20-13)11-8-7-9-12(19)10-11/h7-10H,6H2,1-5H3. The van der Waals surface area contributed by atoms with Crippen LogP contribution in [-0.4, -0.2) is 36.3 Å². The average molecular weight is 488 g/mol. The van der Waals surface area contributed by atoms with Crippen molar-refractivity contribution in [3.05, 3.63) is 33.5 Å². The molecule has 0 spiro atoms. The normalized spacial score (nSPS) is 11.2. The largest absolute Gasteiger partial charge is 0.461 e. The second-order valence-electron chi connectivity index (χ2n) is 6.44. The zero-order chi connectivity index (χ0) is 19.5. The predicted octanol–water partition coefficient (Wildman–Crippen LogP) is 4.96. The van der Waals surface area contributed by atoms with E-state index in [1.54, 1.807) is 34.7 Å². The van der Waals surface area contributed by atoms with Crippen molar-refractivity contribution in [1.29, 1.82) is 0 Å². The van der Waals surface area contributed by atoms with Gasteiger partial charge in [0.2, 0.25) is 0 Å². The molecule has 0 unspecified atom stereocenters. The van der Waals surface area contributed by atoms with Gasteiger partial charge < -0.3 is 9.47 Å². The number of benzene rings is 1. The Morgan fingerprint density at radius 3 is 2.58 bits per heavy atom. The molecule has 26 heavy (non-hydrogen) atoms. The quantitative estimate of drug-likeness (QED) is 0.450. The van der Waals surface area contributed by atoms with Crippen LogP contribution < -0.4 is 4.90 Å². The Kier molecular flexibility index (Phi) is 6.62. The lowest BCUT2D eigenvalue weighted by atomic mass is 10.2. The van der Waals surface area contributed by atoms with Crippen molar-refractivity contribution in [2.75, 3.05) is 18.6 Å². The van der Waals surface area contributed by atoms with E-state index in [0.29, 0.717) is 10.0 Å². The first-order chi connectivity index (χ1) is 12.1. The first kappa shape index (κ1) is 20.6. The molecule has 0 N–H and O–H groups in total. The van der Waals surface area contributed by atoms with Crippen LogP contribution in [0.1, 0.15) is 38.2 Å². The van der Waals surface area contributed by atoms with Crippen molar-refractivity contribution in [1.82, 2.24) is 4.98 Å². The Morgan fingerprint density at radius 1 is 1.31 bits per heavy atom. The molecule has 0 bridgehead atoms. The Hall–Kier alpha value is -1.68. The maximum atomic E-state index is 12.4. The summed E-state index contributed by atoms with van der Waals surface area (Å²) in [5.74, 6) is -0.564. The minimum atomic E-state index is -0.640. The van der Waals surface area contributed by atoms with Crippen LogP contribution in [0.4, 0.5) is 9.80 Å². The number of anilines is 1. The van der Waals surface area contributed by atoms with Crippen LogP contribution in [0.3, 0.4) is 0 Å². The maximum Gasteiger partial charge on any atom is 0.415 e. The summed E-state index contributed by atoms with van der Waals surface area (Å²) in [5, 5.41) is 1.03. The minimum Gasteiger partial charge on any atom is -0.461 e. The van der Waals surface area contributed by atoms with Crippen LogP contribution in [-0.2, 0) is 9.47 Å². The number of hydrogen-bond donors (Lipinski definition) is 0. The van der Waals surface area contributed by atoms with E-state index in [9.17, 15) is 9.59 Å². The molecule has 2 rings (SSSR count). The second-order valence-corrected chi connectivity index (χ2v) is 8.67. The molecule has 2 aromatic rings. The monoisotopic (exact) mass is 488 g/mol. The highest BCUT2D eigenvalue weighted by atomic mass is 127. The molecule has 0 aliphatic heterocycles. The number of rotatable bonds is 4. The summed E-state index contributed by atoms with van der Waals surface area (Å²) >= 11 is 3.46. The SMILES string of the molecule is CCOC(=O)c1nc(-c2cccc(I)c2)sc1N(C)C(=O)OC(C)(C)C. The molecular weight excluding hydrogens is 467 g/mol. The highest BCUT2D eigenvalue weighted by Crippen LogP contribution is 2.35. The molecule has 1 amide bonds. The molecule has 0 atom stereocenters. The van der Waals surface area contributed by atoms with Crippen molar-refractivity contribution >= 4 is 51.0 Å². The third-order valence-corrected chi connectivity index (χ3v) is 4.97. The van der Waals surface area contributed by atoms with Gasteiger partial charge in [-0.1, -0.05) is 23.5 Å². The molecule has 1 heterocycles. The van der Waals surface area contributed by atoms with Gasteiger partial charge in [0.1, 0.15) is 15.6 Å². The number of nitrogens with zero attached hydrogens (tertiary/aromatic N) is 2. The van der Waals surface area contributed by atoms with E-state index in [1.807, 2.05) is 24.3 Å². The lowest BCUT2D eigenvalue weighted by Crippen LogP contribution is -2.34. The lowest BCUT2D eigenvalue weighted by molar-refractivity contribution is 0.0521. The second kappa shape index (κ2) is 8.34. The van der Waals surface area contributed by atoms with Gasteiger partial charge in [0.25, 0.3) is 0 Å². The fourth-order valence-electron chi connectivity index (χ4n) is 2.03. The van der Waals surface area contributed by atoms with Crippen LogP contribution in [0.5, 0.6) is 0 Å². The predicted molar refractivity (Wildman–Crippen MR) is 111 cm³/mol. The molecule has 0 aliphatic rings. The summed E-state index contributed by atoms with van der Waals surface area (Å²) in [5.41, 5.74) is 0.341. The van der Waals surface area contributed by atoms with Crippen molar-refractivity contribution in [3.8, 4) is 10.6 Å². The number of amides is 1. The van der Waals surface area contributed by atoms with Gasteiger partial charge in [0.05, 0.1) is 6.61 Å². The van der Waals surface area contributed by atoms with E-state index in [-0.39, 0.29) is 12.3 Å². The highest BCUT2D eigenvalue weighted by Gasteiger charge is 2.28. The van der Waals surface area contributed by atoms with Gasteiger partial charge >= 0.3 is 12.1 Å². The van der Waals surface area contributed by atoms with Crippen molar-refractivity contribution in [3.63, 3.8) is 0 Å². The molecule has 1 aromatic heterocycles. The summed E-state index contributed by atoms with van der Waals surface area (Å²) < 4.78 is 11.5. The van der Waals surface area contributed by atoms with Gasteiger partial charge in [-0.15, -0.1) is 0 Å². The maximum absolute atomic E-state index is 12.4. The van der Waals surface area contributed by atoms with Crippen LogP contribution in [0, 0.1) is 3.57 Å². The Labute approximate surface area is 170 Å². The van der Waals surface area contributed by atoms with E-state index >= 15 is 0 Å². The Morgan fingerprint density at radius 2 is 2.00 bits per heavy atom. The third kappa shape index (κ3) is 5.16. The minimum absolute atomic E-state index is 0.110. The highest BCUT2D eigenvalue weighted by molar-refractivity contribution is 14.1. The number of carbonyl (C=O) groups excluding carboxylic acids is 2. The Balaban J connectivity index is 2.45. The first-order valence-electron chi connectivity index (χ1n) is 8.03. The van der Waals surface area contributed by atoms with Gasteiger partial charge in [-0.2, -0.15) is 0 Å². The number of aromatic nitrogens is 1. The molecule has 0 saturated heterocycles. The van der Waals surface area contributed by atoms with Crippen LogP contribution in [0.15, 0.2) is 24.3 Å². The first-order valence-corrected chi connectivity index (χ1v) is 9.92. The molecular formula is C18H21IN2O4S. The van der Waals surface area contributed by atoms with Gasteiger partial charge in [-0.25, -0.2) is 14.6 Å². The van der Waals surface area contributed by atoms with Crippen molar-refractivity contribution < 1.29 is 19.1 Å². The number of esters is 1. The number of thiazole rings is 1. The smallest absolute Gasteiger partial charge is 0.415 e. The Bertz CT molecular complexity index is 814. The average Bonchev–Trinajstić information content (AvgIpc) is 2.98.